The Kier molecular flexibility index (Phi) is 6.15. The molecule has 3 rings (SSSR count). The Hall–Kier alpha value is -0.950. The van der Waals surface area contributed by atoms with Crippen molar-refractivity contribution in [3.63, 3.8) is 0 Å². The summed E-state index contributed by atoms with van der Waals surface area (Å²) >= 11 is 0. The van der Waals surface area contributed by atoms with Crippen LogP contribution in [0.1, 0.15) is 19.0 Å². The van der Waals surface area contributed by atoms with Gasteiger partial charge >= 0.3 is 0 Å². The molecular formula is C14H23N5O4P2. The van der Waals surface area contributed by atoms with E-state index in [9.17, 15) is 0 Å². The summed E-state index contributed by atoms with van der Waals surface area (Å²) in [7, 11) is 8.00. The molecule has 11 heteroatoms. The molecule has 2 aromatic heterocycles. The molecule has 6 atom stereocenters. The number of fused-ring (bicyclic) bond motifs is 1. The Morgan fingerprint density at radius 2 is 2.04 bits per heavy atom. The summed E-state index contributed by atoms with van der Waals surface area (Å²) in [6, 6.07) is 0. The summed E-state index contributed by atoms with van der Waals surface area (Å²) in [5, 5.41) is 3.07. The molecule has 0 saturated carbocycles. The smallest absolute Gasteiger partial charge is 0.167 e. The van der Waals surface area contributed by atoms with Crippen LogP contribution in [0.2, 0.25) is 0 Å². The number of nitrogens with zero attached hydrogens (tertiary/aromatic N) is 4. The molecule has 138 valence electrons. The molecule has 0 bridgehead atoms. The van der Waals surface area contributed by atoms with E-state index in [1.54, 1.807) is 13.4 Å². The van der Waals surface area contributed by atoms with Crippen LogP contribution in [-0.2, 0) is 24.9 Å². The topological polar surface area (TPSA) is 92.6 Å². The van der Waals surface area contributed by atoms with Crippen molar-refractivity contribution in [2.24, 2.45) is 0 Å². The lowest BCUT2D eigenvalue weighted by Gasteiger charge is -2.21. The fourth-order valence-electron chi connectivity index (χ4n) is 3.02. The third-order valence-corrected chi connectivity index (χ3v) is 4.85. The van der Waals surface area contributed by atoms with Gasteiger partial charge in [-0.05, 0) is 0 Å². The lowest BCUT2D eigenvalue weighted by atomic mass is 10.1. The predicted octanol–water partition coefficient (Wildman–Crippen LogP) is 1.32. The Morgan fingerprint density at radius 1 is 1.28 bits per heavy atom. The molecule has 5 unspecified atom stereocenters. The van der Waals surface area contributed by atoms with Gasteiger partial charge in [0, 0.05) is 39.5 Å². The highest BCUT2D eigenvalue weighted by atomic mass is 31.0. The van der Waals surface area contributed by atoms with Gasteiger partial charge in [-0.25, -0.2) is 15.0 Å². The quantitative estimate of drug-likeness (QED) is 0.712. The molecule has 1 fully saturated rings. The second kappa shape index (κ2) is 8.16. The number of hydrogen-bond donors (Lipinski definition) is 1. The summed E-state index contributed by atoms with van der Waals surface area (Å²) in [5.74, 6) is 1.42. The monoisotopic (exact) mass is 387 g/mol. The van der Waals surface area contributed by atoms with Crippen molar-refractivity contribution >= 4 is 35.9 Å². The van der Waals surface area contributed by atoms with Crippen LogP contribution in [0.3, 0.4) is 0 Å². The van der Waals surface area contributed by atoms with E-state index in [0.29, 0.717) is 30.0 Å². The van der Waals surface area contributed by atoms with E-state index in [-0.39, 0.29) is 18.3 Å². The predicted molar refractivity (Wildman–Crippen MR) is 99.2 cm³/mol. The molecule has 2 aromatic rings. The minimum atomic E-state index is -0.447. The molecule has 0 spiro atoms. The van der Waals surface area contributed by atoms with E-state index in [4.69, 9.17) is 18.5 Å². The summed E-state index contributed by atoms with van der Waals surface area (Å²) in [6.07, 6.45) is 1.02. The van der Waals surface area contributed by atoms with Gasteiger partial charge in [-0.15, -0.1) is 0 Å². The van der Waals surface area contributed by atoms with Crippen molar-refractivity contribution in [3.05, 3.63) is 12.2 Å². The van der Waals surface area contributed by atoms with Crippen molar-refractivity contribution in [2.45, 2.75) is 37.9 Å². The third-order valence-electron chi connectivity index (χ3n) is 4.23. The van der Waals surface area contributed by atoms with Crippen LogP contribution in [0.5, 0.6) is 0 Å². The van der Waals surface area contributed by atoms with Gasteiger partial charge in [0.25, 0.3) is 0 Å². The molecular weight excluding hydrogens is 364 g/mol. The molecule has 1 N–H and O–H groups in total. The van der Waals surface area contributed by atoms with Gasteiger partial charge in [0.2, 0.25) is 0 Å². The van der Waals surface area contributed by atoms with E-state index in [0.717, 1.165) is 5.82 Å². The van der Waals surface area contributed by atoms with Gasteiger partial charge in [-0.3, -0.25) is 4.57 Å². The summed E-state index contributed by atoms with van der Waals surface area (Å²) in [4.78, 5) is 13.6. The highest BCUT2D eigenvalue weighted by Crippen LogP contribution is 2.37. The molecule has 25 heavy (non-hydrogen) atoms. The number of hydrogen-bond acceptors (Lipinski definition) is 8. The van der Waals surface area contributed by atoms with Crippen LogP contribution in [-0.4, -0.2) is 58.6 Å². The van der Waals surface area contributed by atoms with Crippen LogP contribution in [0.25, 0.3) is 11.2 Å². The minimum absolute atomic E-state index is 0.272. The maximum atomic E-state index is 6.15. The highest BCUT2D eigenvalue weighted by Gasteiger charge is 2.47. The van der Waals surface area contributed by atoms with Crippen LogP contribution in [0.4, 0.5) is 5.82 Å². The minimum Gasteiger partial charge on any atom is -0.382 e. The molecule has 0 aliphatic carbocycles. The van der Waals surface area contributed by atoms with E-state index < -0.39 is 6.23 Å². The fourth-order valence-corrected chi connectivity index (χ4v) is 3.64. The number of rotatable bonds is 7. The molecule has 1 aliphatic rings. The van der Waals surface area contributed by atoms with Crippen LogP contribution in [0.15, 0.2) is 6.33 Å². The number of imidazole rings is 1. The zero-order chi connectivity index (χ0) is 18.0. The summed E-state index contributed by atoms with van der Waals surface area (Å²) in [5.41, 5.74) is 1.37. The molecule has 0 aromatic carbocycles. The van der Waals surface area contributed by atoms with Crippen molar-refractivity contribution in [1.82, 2.24) is 19.5 Å². The number of nitrogens with one attached hydrogen (secondary N) is 1. The van der Waals surface area contributed by atoms with Gasteiger partial charge in [0.15, 0.2) is 23.2 Å². The number of ether oxygens (including phenoxy) is 2. The van der Waals surface area contributed by atoms with Crippen LogP contribution < -0.4 is 5.32 Å². The van der Waals surface area contributed by atoms with Crippen molar-refractivity contribution < 1.29 is 18.5 Å². The lowest BCUT2D eigenvalue weighted by molar-refractivity contribution is -0.0528. The van der Waals surface area contributed by atoms with Crippen molar-refractivity contribution in [2.75, 3.05) is 26.1 Å². The van der Waals surface area contributed by atoms with Gasteiger partial charge in [0.05, 0.1) is 12.9 Å². The van der Waals surface area contributed by atoms with Crippen LogP contribution in [0, 0.1) is 0 Å². The maximum Gasteiger partial charge on any atom is 0.167 e. The fraction of sp³-hybridized carbons (Fsp3) is 0.643. The SMILES string of the molecule is CCc1nc(NC)c2ncn(C3O[C@H](COC)C(OP)C3OP)c2n1. The van der Waals surface area contributed by atoms with Crippen molar-refractivity contribution in [1.29, 1.82) is 0 Å². The Balaban J connectivity index is 2.05. The Labute approximate surface area is 150 Å². The molecule has 1 saturated heterocycles. The maximum absolute atomic E-state index is 6.15. The number of methoxy groups -OCH3 is 1. The van der Waals surface area contributed by atoms with Crippen LogP contribution >= 0.6 is 18.9 Å². The lowest BCUT2D eigenvalue weighted by Crippen LogP contribution is -2.34. The van der Waals surface area contributed by atoms with E-state index >= 15 is 0 Å². The first-order chi connectivity index (χ1) is 12.2. The number of aryl methyl sites for hydroxylation is 1. The molecule has 1 aliphatic heterocycles. The molecule has 9 nitrogen and oxygen atoms in total. The van der Waals surface area contributed by atoms with Crippen molar-refractivity contribution in [3.8, 4) is 0 Å². The van der Waals surface area contributed by atoms with E-state index in [1.165, 1.54) is 0 Å². The third kappa shape index (κ3) is 3.37. The van der Waals surface area contributed by atoms with Gasteiger partial charge in [0.1, 0.15) is 24.1 Å². The van der Waals surface area contributed by atoms with Gasteiger partial charge < -0.3 is 23.8 Å². The zero-order valence-corrected chi connectivity index (χ0v) is 16.7. The normalized spacial score (nSPS) is 26.4. The second-order valence-electron chi connectivity index (χ2n) is 5.64. The molecule has 0 radical (unpaired) electrons. The zero-order valence-electron chi connectivity index (χ0n) is 14.4. The first-order valence-corrected chi connectivity index (χ1v) is 8.89. The van der Waals surface area contributed by atoms with E-state index in [2.05, 4.69) is 39.2 Å². The Morgan fingerprint density at radius 3 is 2.64 bits per heavy atom. The first-order valence-electron chi connectivity index (χ1n) is 7.95. The summed E-state index contributed by atoms with van der Waals surface area (Å²) in [6.45, 7) is 2.40. The standard InChI is InChI=1S/C14H23N5O4P2/c1-4-8-17-12(15-2)9-13(18-8)19(6-16-9)14-11(23-25)10(22-24)7(21-14)5-20-3/h6-7,10-11,14H,4-5,24-25H2,1-3H3,(H,15,17,18)/t7-,10?,11?,14?/m1/s1. The first kappa shape index (κ1) is 18.8. The molecule has 0 amide bonds. The summed E-state index contributed by atoms with van der Waals surface area (Å²) < 4.78 is 24.3. The average Bonchev–Trinajstić information content (AvgIpc) is 3.21. The largest absolute Gasteiger partial charge is 0.382 e. The average molecular weight is 387 g/mol. The van der Waals surface area contributed by atoms with Gasteiger partial charge in [-0.2, -0.15) is 0 Å². The Bertz CT molecular complexity index is 731. The highest BCUT2D eigenvalue weighted by molar-refractivity contribution is 7.10. The number of aromatic nitrogens is 4. The van der Waals surface area contributed by atoms with E-state index in [1.807, 2.05) is 18.5 Å². The number of anilines is 1. The van der Waals surface area contributed by atoms with Gasteiger partial charge in [-0.1, -0.05) is 6.92 Å². The second-order valence-corrected chi connectivity index (χ2v) is 6.18. The molecule has 3 heterocycles.